The molecule has 5 aromatic rings. The molecule has 0 aromatic carbocycles. The highest BCUT2D eigenvalue weighted by Gasteiger charge is 2.18. The lowest BCUT2D eigenvalue weighted by atomic mass is 10.1. The van der Waals surface area contributed by atoms with Crippen molar-refractivity contribution in [2.75, 3.05) is 32.2 Å². The molecule has 0 radical (unpaired) electrons. The summed E-state index contributed by atoms with van der Waals surface area (Å²) in [5.41, 5.74) is 9.63. The van der Waals surface area contributed by atoms with Crippen LogP contribution in [0, 0.1) is 0 Å². The molecule has 5 heterocycles. The van der Waals surface area contributed by atoms with Gasteiger partial charge in [-0.1, -0.05) is 30.1 Å². The third-order valence-corrected chi connectivity index (χ3v) is 6.49. The predicted molar refractivity (Wildman–Crippen MR) is 204 cm³/mol. The first kappa shape index (κ1) is 45.7. The second-order valence-corrected chi connectivity index (χ2v) is 12.3. The Hall–Kier alpha value is -5.33. The van der Waals surface area contributed by atoms with Gasteiger partial charge >= 0.3 is 5.97 Å². The van der Waals surface area contributed by atoms with Crippen LogP contribution in [-0.4, -0.2) is 76.3 Å². The van der Waals surface area contributed by atoms with Crippen molar-refractivity contribution < 1.29 is 19.7 Å². The fraction of sp³-hybridized carbons (Fsp3) is 0.324. The molecule has 5 aromatic heterocycles. The van der Waals surface area contributed by atoms with Gasteiger partial charge in [0.2, 0.25) is 0 Å². The van der Waals surface area contributed by atoms with Crippen LogP contribution >= 0.6 is 23.2 Å². The van der Waals surface area contributed by atoms with Crippen LogP contribution in [0.25, 0.3) is 5.82 Å². The van der Waals surface area contributed by atoms with Crippen molar-refractivity contribution in [1.29, 1.82) is 0 Å². The van der Waals surface area contributed by atoms with Crippen molar-refractivity contribution in [2.24, 2.45) is 0 Å². The van der Waals surface area contributed by atoms with Crippen molar-refractivity contribution >= 4 is 40.5 Å². The first-order chi connectivity index (χ1) is 24.8. The summed E-state index contributed by atoms with van der Waals surface area (Å²) in [6.07, 6.45) is 12.6. The molecule has 0 bridgehead atoms. The molecule has 0 aliphatic rings. The number of ether oxygens (including phenoxy) is 1. The van der Waals surface area contributed by atoms with Crippen molar-refractivity contribution in [3.8, 4) is 5.82 Å². The molecule has 0 aliphatic carbocycles. The van der Waals surface area contributed by atoms with Gasteiger partial charge in [0.05, 0.1) is 67.1 Å². The SMILES string of the molecule is CC(C)(O)c1cnc(-n2cccc(N)c2=O)cn1.CC(C)(O)c1cnc(Cl)cn1.CCCNC.COC(=O)c1cnc(Cl)cn1.Nc1ccc[nH]c1=O. The van der Waals surface area contributed by atoms with E-state index in [1.165, 1.54) is 61.3 Å². The van der Waals surface area contributed by atoms with E-state index in [1.807, 2.05) is 7.05 Å². The van der Waals surface area contributed by atoms with Crippen LogP contribution in [0.2, 0.25) is 10.3 Å². The molecule has 53 heavy (non-hydrogen) atoms. The monoisotopic (exact) mass is 773 g/mol. The molecule has 0 fully saturated rings. The van der Waals surface area contributed by atoms with Crippen LogP contribution in [0.15, 0.2) is 83.4 Å². The number of aromatic nitrogens is 8. The molecule has 0 atom stereocenters. The number of aliphatic hydroxyl groups is 2. The summed E-state index contributed by atoms with van der Waals surface area (Å²) in [7, 11) is 3.24. The van der Waals surface area contributed by atoms with Crippen molar-refractivity contribution in [3.05, 3.63) is 122 Å². The summed E-state index contributed by atoms with van der Waals surface area (Å²) in [4.78, 5) is 58.6. The quantitative estimate of drug-likeness (QED) is 0.135. The van der Waals surface area contributed by atoms with E-state index in [-0.39, 0.29) is 33.3 Å². The highest BCUT2D eigenvalue weighted by Crippen LogP contribution is 2.17. The largest absolute Gasteiger partial charge is 0.464 e. The molecule has 8 N–H and O–H groups in total. The molecule has 286 valence electrons. The lowest BCUT2D eigenvalue weighted by Gasteiger charge is -2.16. The van der Waals surface area contributed by atoms with E-state index in [0.29, 0.717) is 22.4 Å². The number of H-pyrrole nitrogens is 1. The normalized spacial score (nSPS) is 10.4. The zero-order valence-electron chi connectivity index (χ0n) is 30.4. The van der Waals surface area contributed by atoms with Crippen LogP contribution < -0.4 is 27.9 Å². The number of hydrogen-bond donors (Lipinski definition) is 6. The van der Waals surface area contributed by atoms with E-state index in [2.05, 4.69) is 51.9 Å². The first-order valence-corrected chi connectivity index (χ1v) is 16.5. The van der Waals surface area contributed by atoms with Crippen molar-refractivity contribution in [2.45, 2.75) is 52.2 Å². The summed E-state index contributed by atoms with van der Waals surface area (Å²) in [6, 6.07) is 6.41. The van der Waals surface area contributed by atoms with Crippen molar-refractivity contribution in [1.82, 2.24) is 44.8 Å². The lowest BCUT2D eigenvalue weighted by molar-refractivity contribution is 0.0593. The van der Waals surface area contributed by atoms with E-state index in [0.717, 1.165) is 6.54 Å². The molecule has 0 unspecified atom stereocenters. The van der Waals surface area contributed by atoms with Gasteiger partial charge in [0.25, 0.3) is 11.1 Å². The maximum atomic E-state index is 11.8. The molecular formula is C34H45Cl2N11O6. The highest BCUT2D eigenvalue weighted by molar-refractivity contribution is 6.29. The maximum absolute atomic E-state index is 11.8. The predicted octanol–water partition coefficient (Wildman–Crippen LogP) is 3.28. The van der Waals surface area contributed by atoms with Gasteiger partial charge in [-0.15, -0.1) is 0 Å². The number of methoxy groups -OCH3 is 1. The second kappa shape index (κ2) is 22.6. The van der Waals surface area contributed by atoms with Gasteiger partial charge in [-0.2, -0.15) is 0 Å². The Labute approximate surface area is 316 Å². The van der Waals surface area contributed by atoms with Crippen LogP contribution in [0.1, 0.15) is 62.9 Å². The molecule has 17 nitrogen and oxygen atoms in total. The van der Waals surface area contributed by atoms with Crippen LogP contribution in [0.5, 0.6) is 0 Å². The number of nitrogens with two attached hydrogens (primary N) is 2. The number of aromatic amines is 1. The summed E-state index contributed by atoms with van der Waals surface area (Å²) in [5, 5.41) is 22.8. The molecule has 0 saturated carbocycles. The zero-order valence-corrected chi connectivity index (χ0v) is 31.9. The van der Waals surface area contributed by atoms with E-state index in [9.17, 15) is 24.6 Å². The maximum Gasteiger partial charge on any atom is 0.358 e. The molecule has 5 rings (SSSR count). The number of halogens is 2. The van der Waals surface area contributed by atoms with Gasteiger partial charge in [0.1, 0.15) is 21.5 Å². The summed E-state index contributed by atoms with van der Waals surface area (Å²) >= 11 is 10.9. The summed E-state index contributed by atoms with van der Waals surface area (Å²) < 4.78 is 5.69. The van der Waals surface area contributed by atoms with Gasteiger partial charge in [0.15, 0.2) is 11.5 Å². The Bertz CT molecular complexity index is 1930. The minimum atomic E-state index is -1.06. The standard InChI is InChI=1S/C12H14N4O2.C7H9ClN2O.C6H5ClN2O2.C5H6N2O.C4H11N/c1-12(2,18)9-6-15-10(7-14-9)16-5-3-4-8(13)11(16)17;1-7(2,11)5-3-10-6(8)4-9-5;1-11-6(10)4-2-9-5(7)3-8-4;6-4-2-1-3-7-5(4)8;1-3-4-5-2/h3-7,18H,13H2,1-2H3;3-4,11H,1-2H3;2-3H,1H3;1-3H,6H2,(H,7,8);5H,3-4H2,1-2H3. The van der Waals surface area contributed by atoms with E-state index in [4.69, 9.17) is 34.7 Å². The Morgan fingerprint density at radius 2 is 1.40 bits per heavy atom. The van der Waals surface area contributed by atoms with Gasteiger partial charge in [-0.05, 0) is 72.0 Å². The average Bonchev–Trinajstić information content (AvgIpc) is 3.12. The molecular weight excluding hydrogens is 729 g/mol. The molecule has 19 heteroatoms. The van der Waals surface area contributed by atoms with Crippen LogP contribution in [0.3, 0.4) is 0 Å². The molecule has 0 amide bonds. The fourth-order valence-corrected chi connectivity index (χ4v) is 3.48. The van der Waals surface area contributed by atoms with Crippen molar-refractivity contribution in [3.63, 3.8) is 0 Å². The first-order valence-electron chi connectivity index (χ1n) is 15.7. The molecule has 0 saturated heterocycles. The third kappa shape index (κ3) is 17.2. The molecule has 0 spiro atoms. The number of esters is 1. The number of nitrogens with one attached hydrogen (secondary N) is 2. The van der Waals surface area contributed by atoms with Gasteiger partial charge in [-0.25, -0.2) is 24.7 Å². The summed E-state index contributed by atoms with van der Waals surface area (Å²) in [5.74, 6) is -0.158. The number of carbonyl (C=O) groups excluding carboxylic acids is 1. The number of carbonyl (C=O) groups is 1. The van der Waals surface area contributed by atoms with Gasteiger partial charge < -0.3 is 36.7 Å². The number of nitrogen functional groups attached to an aromatic ring is 2. The number of pyridine rings is 2. The minimum Gasteiger partial charge on any atom is -0.464 e. The van der Waals surface area contributed by atoms with E-state index < -0.39 is 17.2 Å². The van der Waals surface area contributed by atoms with Gasteiger partial charge in [0, 0.05) is 12.4 Å². The zero-order chi connectivity index (χ0) is 40.2. The Morgan fingerprint density at radius 3 is 1.77 bits per heavy atom. The fourth-order valence-electron chi connectivity index (χ4n) is 3.29. The molecule has 0 aliphatic heterocycles. The van der Waals surface area contributed by atoms with Crippen LogP contribution in [-0.2, 0) is 15.9 Å². The number of hydrogen-bond acceptors (Lipinski definition) is 15. The number of nitrogens with zero attached hydrogens (tertiary/aromatic N) is 7. The van der Waals surface area contributed by atoms with E-state index in [1.54, 1.807) is 58.3 Å². The topological polar surface area (TPSA) is 263 Å². The Balaban J connectivity index is 0.000000352. The van der Waals surface area contributed by atoms with E-state index >= 15 is 0 Å². The Kier molecular flexibility index (Phi) is 19.5. The third-order valence-electron chi connectivity index (χ3n) is 6.10. The smallest absolute Gasteiger partial charge is 0.358 e. The lowest BCUT2D eigenvalue weighted by Crippen LogP contribution is -2.23. The number of anilines is 2. The second-order valence-electron chi connectivity index (χ2n) is 11.5. The minimum absolute atomic E-state index is 0.144. The van der Waals surface area contributed by atoms with Crippen LogP contribution in [0.4, 0.5) is 11.4 Å². The summed E-state index contributed by atoms with van der Waals surface area (Å²) in [6.45, 7) is 9.80. The highest BCUT2D eigenvalue weighted by atomic mass is 35.5. The Morgan fingerprint density at radius 1 is 0.849 bits per heavy atom. The number of rotatable bonds is 6. The van der Waals surface area contributed by atoms with Gasteiger partial charge in [-0.3, -0.25) is 24.1 Å². The average molecular weight is 775 g/mol.